The molecule has 0 saturated carbocycles. The lowest BCUT2D eigenvalue weighted by Gasteiger charge is -1.95. The lowest BCUT2D eigenvalue weighted by Crippen LogP contribution is -1.96. The molecule has 1 aromatic rings. The first kappa shape index (κ1) is 5.96. The zero-order valence-electron chi connectivity index (χ0n) is 8.45. The van der Waals surface area contributed by atoms with Crippen molar-refractivity contribution in [3.63, 3.8) is 0 Å². The van der Waals surface area contributed by atoms with E-state index in [1.165, 1.54) is 6.07 Å². The summed E-state index contributed by atoms with van der Waals surface area (Å²) in [7, 11) is 0. The fourth-order valence-corrected chi connectivity index (χ4v) is 0.846. The summed E-state index contributed by atoms with van der Waals surface area (Å²) in [5.74, 6) is -0.350. The average molecular weight is 161 g/mol. The van der Waals surface area contributed by atoms with Gasteiger partial charge in [-0.2, -0.15) is 5.26 Å². The average Bonchev–Trinajstić information content (AvgIpc) is 2.19. The summed E-state index contributed by atoms with van der Waals surface area (Å²) in [6, 6.07) is 9.85. The highest BCUT2D eigenvalue weighted by molar-refractivity contribution is 5.96. The molecule has 0 unspecified atom stereocenters. The van der Waals surface area contributed by atoms with Gasteiger partial charge in [0.25, 0.3) is 0 Å². The van der Waals surface area contributed by atoms with Crippen LogP contribution in [0.25, 0.3) is 0 Å². The number of benzene rings is 1. The van der Waals surface area contributed by atoms with E-state index in [2.05, 4.69) is 0 Å². The predicted octanol–water partition coefficient (Wildman–Crippen LogP) is 2.17. The Balaban J connectivity index is 2.75. The van der Waals surface area contributed by atoms with Crippen LogP contribution in [0.2, 0.25) is 0 Å². The molecule has 0 saturated heterocycles. The Kier molecular flexibility index (Phi) is 2.13. The van der Waals surface area contributed by atoms with Crippen molar-refractivity contribution in [2.75, 3.05) is 0 Å². The lowest BCUT2D eigenvalue weighted by atomic mass is 10.1. The number of ketones is 1. The zero-order chi connectivity index (χ0) is 10.6. The number of nitrogens with zero attached hydrogens (tertiary/aromatic N) is 1. The molecular formula is C10H9NO. The highest BCUT2D eigenvalue weighted by Gasteiger charge is 2.02. The van der Waals surface area contributed by atoms with E-state index in [0.29, 0.717) is 5.56 Å². The molecule has 0 aliphatic rings. The SMILES string of the molecule is [2H]C([2H])(C#N)CC(=O)c1ccccc1. The molecule has 12 heavy (non-hydrogen) atoms. The summed E-state index contributed by atoms with van der Waals surface area (Å²) in [5.41, 5.74) is 0.437. The normalized spacial score (nSPS) is 12.6. The van der Waals surface area contributed by atoms with Crippen LogP contribution in [0.4, 0.5) is 0 Å². The molecule has 1 rings (SSSR count). The molecular weight excluding hydrogens is 150 g/mol. The van der Waals surface area contributed by atoms with E-state index in [9.17, 15) is 4.79 Å². The minimum absolute atomic E-state index is 0.350. The van der Waals surface area contributed by atoms with E-state index in [4.69, 9.17) is 8.00 Å². The van der Waals surface area contributed by atoms with E-state index >= 15 is 0 Å². The quantitative estimate of drug-likeness (QED) is 0.637. The van der Waals surface area contributed by atoms with Gasteiger partial charge in [0.1, 0.15) is 0 Å². The Labute approximate surface area is 74.3 Å². The Morgan fingerprint density at radius 3 is 2.75 bits per heavy atom. The van der Waals surface area contributed by atoms with Gasteiger partial charge in [0.05, 0.1) is 6.07 Å². The van der Waals surface area contributed by atoms with Crippen LogP contribution in [0.1, 0.15) is 25.9 Å². The van der Waals surface area contributed by atoms with Gasteiger partial charge in [0.15, 0.2) is 5.78 Å². The van der Waals surface area contributed by atoms with Gasteiger partial charge in [-0.15, -0.1) is 0 Å². The minimum atomic E-state index is -2.08. The van der Waals surface area contributed by atoms with E-state index < -0.39 is 12.8 Å². The first-order chi connectivity index (χ1) is 6.55. The smallest absolute Gasteiger partial charge is 0.163 e. The van der Waals surface area contributed by atoms with Gasteiger partial charge in [-0.1, -0.05) is 30.3 Å². The van der Waals surface area contributed by atoms with Crippen molar-refractivity contribution in [1.29, 1.82) is 5.26 Å². The van der Waals surface area contributed by atoms with Crippen LogP contribution in [0.5, 0.6) is 0 Å². The topological polar surface area (TPSA) is 40.9 Å². The monoisotopic (exact) mass is 161 g/mol. The summed E-state index contributed by atoms with van der Waals surface area (Å²) in [5, 5.41) is 8.41. The largest absolute Gasteiger partial charge is 0.294 e. The highest BCUT2D eigenvalue weighted by Crippen LogP contribution is 2.03. The first-order valence-electron chi connectivity index (χ1n) is 4.55. The molecule has 60 valence electrons. The molecule has 0 N–H and O–H groups in total. The summed E-state index contributed by atoms with van der Waals surface area (Å²) in [4.78, 5) is 11.4. The van der Waals surface area contributed by atoms with Crippen molar-refractivity contribution >= 4 is 5.78 Å². The molecule has 2 heteroatoms. The van der Waals surface area contributed by atoms with Crippen LogP contribution >= 0.6 is 0 Å². The van der Waals surface area contributed by atoms with Gasteiger partial charge in [0, 0.05) is 21.1 Å². The predicted molar refractivity (Wildman–Crippen MR) is 45.6 cm³/mol. The maximum absolute atomic E-state index is 11.4. The van der Waals surface area contributed by atoms with Crippen molar-refractivity contribution in [2.24, 2.45) is 0 Å². The molecule has 0 fully saturated rings. The standard InChI is InChI=1S/C10H9NO/c11-8-4-7-10(12)9-5-2-1-3-6-9/h1-3,5-6H,4,7H2/i4D2. The van der Waals surface area contributed by atoms with E-state index in [-0.39, 0.29) is 5.78 Å². The van der Waals surface area contributed by atoms with Crippen molar-refractivity contribution in [1.82, 2.24) is 0 Å². The second-order valence-corrected chi connectivity index (χ2v) is 2.25. The van der Waals surface area contributed by atoms with Crippen molar-refractivity contribution in [3.8, 4) is 6.07 Å². The molecule has 0 spiro atoms. The third-order valence-corrected chi connectivity index (χ3v) is 1.42. The molecule has 0 radical (unpaired) electrons. The third-order valence-electron chi connectivity index (χ3n) is 1.42. The summed E-state index contributed by atoms with van der Waals surface area (Å²) < 4.78 is 14.3. The maximum atomic E-state index is 11.4. The number of hydrogen-bond donors (Lipinski definition) is 0. The molecule has 0 amide bonds. The summed E-state index contributed by atoms with van der Waals surface area (Å²) in [6.07, 6.45) is -2.47. The Morgan fingerprint density at radius 2 is 2.17 bits per heavy atom. The number of Topliss-reactive ketones (excluding diaryl/α,β-unsaturated/α-hetero) is 1. The number of nitriles is 1. The second kappa shape index (κ2) is 4.30. The van der Waals surface area contributed by atoms with Crippen LogP contribution in [0, 0.1) is 11.3 Å². The molecule has 0 aliphatic heterocycles. The van der Waals surface area contributed by atoms with Crippen LogP contribution in [0.3, 0.4) is 0 Å². The molecule has 0 heterocycles. The number of rotatable bonds is 3. The van der Waals surface area contributed by atoms with Gasteiger partial charge in [-0.3, -0.25) is 4.79 Å². The van der Waals surface area contributed by atoms with Crippen molar-refractivity contribution in [3.05, 3.63) is 35.9 Å². The molecule has 0 aromatic heterocycles. The van der Waals surface area contributed by atoms with Gasteiger partial charge >= 0.3 is 0 Å². The van der Waals surface area contributed by atoms with Gasteiger partial charge in [-0.25, -0.2) is 0 Å². The Morgan fingerprint density at radius 1 is 1.50 bits per heavy atom. The fraction of sp³-hybridized carbons (Fsp3) is 0.200. The van der Waals surface area contributed by atoms with E-state index in [1.807, 2.05) is 0 Å². The zero-order valence-corrected chi connectivity index (χ0v) is 6.45. The minimum Gasteiger partial charge on any atom is -0.294 e. The Bertz CT molecular complexity index is 367. The first-order valence-corrected chi connectivity index (χ1v) is 3.55. The molecule has 0 aliphatic carbocycles. The molecule has 0 atom stereocenters. The number of hydrogen-bond acceptors (Lipinski definition) is 2. The van der Waals surface area contributed by atoms with Crippen molar-refractivity contribution < 1.29 is 7.54 Å². The van der Waals surface area contributed by atoms with Crippen LogP contribution < -0.4 is 0 Å². The highest BCUT2D eigenvalue weighted by atomic mass is 16.1. The lowest BCUT2D eigenvalue weighted by molar-refractivity contribution is 0.0984. The third kappa shape index (κ3) is 2.21. The summed E-state index contributed by atoms with van der Waals surface area (Å²) in [6.45, 7) is 0. The van der Waals surface area contributed by atoms with Gasteiger partial charge in [-0.05, 0) is 0 Å². The second-order valence-electron chi connectivity index (χ2n) is 2.25. The number of carbonyl (C=O) groups is 1. The Hall–Kier alpha value is -1.62. The van der Waals surface area contributed by atoms with Crippen LogP contribution in [-0.4, -0.2) is 5.78 Å². The van der Waals surface area contributed by atoms with Crippen molar-refractivity contribution in [2.45, 2.75) is 12.8 Å². The fourth-order valence-electron chi connectivity index (χ4n) is 0.846. The maximum Gasteiger partial charge on any atom is 0.163 e. The molecule has 0 bridgehead atoms. The van der Waals surface area contributed by atoms with Gasteiger partial charge < -0.3 is 0 Å². The van der Waals surface area contributed by atoms with E-state index in [0.717, 1.165) is 0 Å². The summed E-state index contributed by atoms with van der Waals surface area (Å²) >= 11 is 0. The molecule has 1 aromatic carbocycles. The van der Waals surface area contributed by atoms with Crippen LogP contribution in [-0.2, 0) is 0 Å². The number of carbonyl (C=O) groups excluding carboxylic acids is 1. The van der Waals surface area contributed by atoms with Gasteiger partial charge in [0.2, 0.25) is 0 Å². The van der Waals surface area contributed by atoms with E-state index in [1.54, 1.807) is 30.3 Å². The van der Waals surface area contributed by atoms with Crippen LogP contribution in [0.15, 0.2) is 30.3 Å². The molecule has 2 nitrogen and oxygen atoms in total.